The Kier molecular flexibility index (Phi) is 7.29. The first-order valence-corrected chi connectivity index (χ1v) is 12.7. The van der Waals surface area contributed by atoms with Crippen molar-refractivity contribution in [3.05, 3.63) is 18.0 Å². The predicted molar refractivity (Wildman–Crippen MR) is 107 cm³/mol. The van der Waals surface area contributed by atoms with E-state index < -0.39 is 20.0 Å². The summed E-state index contributed by atoms with van der Waals surface area (Å²) in [6.45, 7) is 5.60. The fourth-order valence-electron chi connectivity index (χ4n) is 3.39. The topological polar surface area (TPSA) is 109 Å². The molecule has 1 fully saturated rings. The van der Waals surface area contributed by atoms with Gasteiger partial charge in [-0.05, 0) is 24.8 Å². The Bertz CT molecular complexity index is 896. The third-order valence-electron chi connectivity index (χ3n) is 5.15. The Hall–Kier alpha value is -1.43. The molecule has 0 unspecified atom stereocenters. The van der Waals surface area contributed by atoms with Gasteiger partial charge in [0, 0.05) is 46.0 Å². The van der Waals surface area contributed by atoms with Gasteiger partial charge in [-0.2, -0.15) is 4.31 Å². The standard InChI is InChI=1S/C17H30N4O5S2/c1-5-20(6-2)28(25,26)15-11-16(19(3)13-15)17(22)18-12-14-7-9-21(10-8-14)27(4,23)24/h11,13-14H,5-10,12H2,1-4H3,(H,18,22). The molecule has 0 bridgehead atoms. The van der Waals surface area contributed by atoms with Gasteiger partial charge >= 0.3 is 0 Å². The molecule has 1 aromatic rings. The first-order chi connectivity index (χ1) is 13.0. The first kappa shape index (κ1) is 22.9. The molecule has 160 valence electrons. The number of amides is 1. The van der Waals surface area contributed by atoms with Crippen molar-refractivity contribution in [1.82, 2.24) is 18.5 Å². The lowest BCUT2D eigenvalue weighted by Gasteiger charge is -2.30. The molecule has 1 aliphatic heterocycles. The van der Waals surface area contributed by atoms with E-state index in [-0.39, 0.29) is 22.4 Å². The van der Waals surface area contributed by atoms with E-state index in [0.29, 0.717) is 45.6 Å². The molecule has 0 aliphatic carbocycles. The fourth-order valence-corrected chi connectivity index (χ4v) is 5.79. The molecule has 0 saturated carbocycles. The zero-order chi connectivity index (χ0) is 21.1. The Labute approximate surface area is 167 Å². The Balaban J connectivity index is 2.00. The van der Waals surface area contributed by atoms with Crippen LogP contribution < -0.4 is 5.32 Å². The molecule has 11 heteroatoms. The van der Waals surface area contributed by atoms with E-state index in [1.807, 2.05) is 0 Å². The van der Waals surface area contributed by atoms with Gasteiger partial charge in [-0.1, -0.05) is 13.8 Å². The molecule has 0 aromatic carbocycles. The Morgan fingerprint density at radius 1 is 1.18 bits per heavy atom. The second kappa shape index (κ2) is 8.93. The highest BCUT2D eigenvalue weighted by Crippen LogP contribution is 2.20. The fraction of sp³-hybridized carbons (Fsp3) is 0.706. The van der Waals surface area contributed by atoms with Crippen LogP contribution in [0.1, 0.15) is 37.2 Å². The third kappa shape index (κ3) is 5.13. The number of nitrogens with one attached hydrogen (secondary N) is 1. The second-order valence-electron chi connectivity index (χ2n) is 7.08. The van der Waals surface area contributed by atoms with Crippen LogP contribution in [0.5, 0.6) is 0 Å². The lowest BCUT2D eigenvalue weighted by molar-refractivity contribution is 0.0933. The van der Waals surface area contributed by atoms with E-state index in [9.17, 15) is 21.6 Å². The van der Waals surface area contributed by atoms with Gasteiger partial charge in [-0.3, -0.25) is 4.79 Å². The maximum atomic E-state index is 12.6. The highest BCUT2D eigenvalue weighted by molar-refractivity contribution is 7.89. The largest absolute Gasteiger partial charge is 0.350 e. The average Bonchev–Trinajstić information content (AvgIpc) is 3.03. The molecule has 0 radical (unpaired) electrons. The molecule has 1 saturated heterocycles. The van der Waals surface area contributed by atoms with Gasteiger partial charge in [-0.15, -0.1) is 0 Å². The third-order valence-corrected chi connectivity index (χ3v) is 8.47. The number of aromatic nitrogens is 1. The van der Waals surface area contributed by atoms with Gasteiger partial charge in [0.05, 0.1) is 6.26 Å². The van der Waals surface area contributed by atoms with E-state index in [2.05, 4.69) is 5.32 Å². The van der Waals surface area contributed by atoms with E-state index in [1.54, 1.807) is 20.9 Å². The molecule has 1 aromatic heterocycles. The van der Waals surface area contributed by atoms with Crippen LogP contribution in [0.3, 0.4) is 0 Å². The van der Waals surface area contributed by atoms with Gasteiger partial charge < -0.3 is 9.88 Å². The molecule has 9 nitrogen and oxygen atoms in total. The molecule has 1 aliphatic rings. The number of hydrogen-bond acceptors (Lipinski definition) is 5. The summed E-state index contributed by atoms with van der Waals surface area (Å²) in [5.41, 5.74) is 0.277. The van der Waals surface area contributed by atoms with Crippen molar-refractivity contribution in [3.63, 3.8) is 0 Å². The van der Waals surface area contributed by atoms with Crippen molar-refractivity contribution < 1.29 is 21.6 Å². The highest BCUT2D eigenvalue weighted by Gasteiger charge is 2.27. The van der Waals surface area contributed by atoms with E-state index in [1.165, 1.54) is 31.7 Å². The monoisotopic (exact) mass is 434 g/mol. The Morgan fingerprint density at radius 2 is 1.75 bits per heavy atom. The number of piperidine rings is 1. The van der Waals surface area contributed by atoms with E-state index in [0.717, 1.165) is 0 Å². The summed E-state index contributed by atoms with van der Waals surface area (Å²) in [4.78, 5) is 12.6. The summed E-state index contributed by atoms with van der Waals surface area (Å²) in [5, 5.41) is 2.85. The molecule has 1 amide bonds. The number of carbonyl (C=O) groups is 1. The highest BCUT2D eigenvalue weighted by atomic mass is 32.2. The molecule has 0 atom stereocenters. The Morgan fingerprint density at radius 3 is 2.25 bits per heavy atom. The van der Waals surface area contributed by atoms with Gasteiger partial charge in [0.2, 0.25) is 20.0 Å². The van der Waals surface area contributed by atoms with Crippen molar-refractivity contribution in [1.29, 1.82) is 0 Å². The van der Waals surface area contributed by atoms with Crippen molar-refractivity contribution in [2.75, 3.05) is 39.0 Å². The molecular weight excluding hydrogens is 404 g/mol. The summed E-state index contributed by atoms with van der Waals surface area (Å²) in [6.07, 6.45) is 4.02. The maximum absolute atomic E-state index is 12.6. The minimum Gasteiger partial charge on any atom is -0.350 e. The number of hydrogen-bond donors (Lipinski definition) is 1. The minimum atomic E-state index is -3.62. The molecule has 2 rings (SSSR count). The summed E-state index contributed by atoms with van der Waals surface area (Å²) in [6, 6.07) is 1.40. The first-order valence-electron chi connectivity index (χ1n) is 9.40. The molecule has 2 heterocycles. The second-order valence-corrected chi connectivity index (χ2v) is 11.0. The van der Waals surface area contributed by atoms with Gasteiger partial charge in [-0.25, -0.2) is 21.1 Å². The molecule has 0 spiro atoms. The van der Waals surface area contributed by atoms with Crippen molar-refractivity contribution in [2.24, 2.45) is 13.0 Å². The average molecular weight is 435 g/mol. The molecular formula is C17H30N4O5S2. The summed E-state index contributed by atoms with van der Waals surface area (Å²) < 4.78 is 52.7. The predicted octanol–water partition coefficient (Wildman–Crippen LogP) is 0.457. The van der Waals surface area contributed by atoms with Crippen LogP contribution in [-0.4, -0.2) is 74.9 Å². The summed E-state index contributed by atoms with van der Waals surface area (Å²) in [5.74, 6) is -0.143. The van der Waals surface area contributed by atoms with E-state index in [4.69, 9.17) is 0 Å². The van der Waals surface area contributed by atoms with Crippen molar-refractivity contribution in [2.45, 2.75) is 31.6 Å². The normalized spacial score (nSPS) is 17.2. The summed E-state index contributed by atoms with van der Waals surface area (Å²) >= 11 is 0. The smallest absolute Gasteiger partial charge is 0.267 e. The number of rotatable bonds is 8. The van der Waals surface area contributed by atoms with Crippen molar-refractivity contribution in [3.8, 4) is 0 Å². The van der Waals surface area contributed by atoms with Crippen LogP contribution in [-0.2, 0) is 27.1 Å². The van der Waals surface area contributed by atoms with Gasteiger partial charge in [0.25, 0.3) is 5.91 Å². The maximum Gasteiger partial charge on any atom is 0.267 e. The van der Waals surface area contributed by atoms with Crippen LogP contribution in [0.4, 0.5) is 0 Å². The SMILES string of the molecule is CCN(CC)S(=O)(=O)c1cc(C(=O)NCC2CCN(S(C)(=O)=O)CC2)n(C)c1. The number of nitrogens with zero attached hydrogens (tertiary/aromatic N) is 3. The number of sulfonamides is 2. The lowest BCUT2D eigenvalue weighted by atomic mass is 9.98. The zero-order valence-corrected chi connectivity index (χ0v) is 18.5. The van der Waals surface area contributed by atoms with Crippen LogP contribution in [0, 0.1) is 5.92 Å². The minimum absolute atomic E-state index is 0.102. The van der Waals surface area contributed by atoms with Crippen molar-refractivity contribution >= 4 is 26.0 Å². The summed E-state index contributed by atoms with van der Waals surface area (Å²) in [7, 11) is -5.15. The van der Waals surface area contributed by atoms with Crippen LogP contribution in [0.15, 0.2) is 17.2 Å². The quantitative estimate of drug-likeness (QED) is 0.639. The molecule has 1 N–H and O–H groups in total. The lowest BCUT2D eigenvalue weighted by Crippen LogP contribution is -2.41. The number of aryl methyl sites for hydroxylation is 1. The van der Waals surface area contributed by atoms with Crippen LogP contribution >= 0.6 is 0 Å². The van der Waals surface area contributed by atoms with Gasteiger partial charge in [0.1, 0.15) is 10.6 Å². The van der Waals surface area contributed by atoms with Crippen LogP contribution in [0.2, 0.25) is 0 Å². The van der Waals surface area contributed by atoms with Gasteiger partial charge in [0.15, 0.2) is 0 Å². The zero-order valence-electron chi connectivity index (χ0n) is 16.9. The molecule has 28 heavy (non-hydrogen) atoms. The van der Waals surface area contributed by atoms with E-state index >= 15 is 0 Å². The number of carbonyl (C=O) groups excluding carboxylic acids is 1. The van der Waals surface area contributed by atoms with Crippen LogP contribution in [0.25, 0.3) is 0 Å².